The zero-order valence-corrected chi connectivity index (χ0v) is 12.2. The van der Waals surface area contributed by atoms with E-state index in [4.69, 9.17) is 0 Å². The summed E-state index contributed by atoms with van der Waals surface area (Å²) in [6.07, 6.45) is 2.01. The number of fused-ring (bicyclic) bond motifs is 1. The molecule has 0 aliphatic carbocycles. The van der Waals surface area contributed by atoms with Crippen molar-refractivity contribution in [2.75, 3.05) is 18.0 Å². The lowest BCUT2D eigenvalue weighted by Gasteiger charge is -2.21. The first kappa shape index (κ1) is 13.1. The molecule has 0 saturated carbocycles. The van der Waals surface area contributed by atoms with E-state index in [0.717, 1.165) is 21.1 Å². The number of halogens is 1. The number of anilines is 1. The third kappa shape index (κ3) is 2.38. The molecule has 0 bridgehead atoms. The molecular formula is C14H12BrN3O2. The van der Waals surface area contributed by atoms with E-state index in [9.17, 15) is 9.59 Å². The molecule has 2 aromatic rings. The summed E-state index contributed by atoms with van der Waals surface area (Å²) in [5, 5.41) is 3.55. The molecule has 2 amide bonds. The van der Waals surface area contributed by atoms with E-state index in [-0.39, 0.29) is 18.4 Å². The van der Waals surface area contributed by atoms with Gasteiger partial charge in [0.25, 0.3) is 0 Å². The van der Waals surface area contributed by atoms with Gasteiger partial charge in [0.05, 0.1) is 17.7 Å². The number of amides is 2. The fourth-order valence-corrected chi connectivity index (χ4v) is 2.64. The molecule has 1 saturated heterocycles. The number of nitrogens with zero attached hydrogens (tertiary/aromatic N) is 2. The van der Waals surface area contributed by atoms with Crippen LogP contribution in [0.4, 0.5) is 5.69 Å². The van der Waals surface area contributed by atoms with E-state index in [2.05, 4.69) is 26.2 Å². The minimum Gasteiger partial charge on any atom is -0.347 e. The molecule has 1 aromatic heterocycles. The molecule has 0 radical (unpaired) electrons. The predicted octanol–water partition coefficient (Wildman–Crippen LogP) is 1.85. The molecular weight excluding hydrogens is 322 g/mol. The van der Waals surface area contributed by atoms with Crippen molar-refractivity contribution in [3.63, 3.8) is 0 Å². The Morgan fingerprint density at radius 1 is 1.30 bits per heavy atom. The van der Waals surface area contributed by atoms with Crippen molar-refractivity contribution in [2.45, 2.75) is 6.42 Å². The van der Waals surface area contributed by atoms with Crippen LogP contribution in [0.1, 0.15) is 6.42 Å². The predicted molar refractivity (Wildman–Crippen MR) is 79.4 cm³/mol. The number of para-hydroxylation sites is 1. The molecule has 20 heavy (non-hydrogen) atoms. The van der Waals surface area contributed by atoms with Gasteiger partial charge in [-0.3, -0.25) is 14.6 Å². The van der Waals surface area contributed by atoms with Gasteiger partial charge in [0.15, 0.2) is 0 Å². The van der Waals surface area contributed by atoms with Crippen LogP contribution in [0.15, 0.2) is 34.9 Å². The summed E-state index contributed by atoms with van der Waals surface area (Å²) in [5.41, 5.74) is 1.51. The quantitative estimate of drug-likeness (QED) is 0.866. The Morgan fingerprint density at radius 2 is 2.15 bits per heavy atom. The normalized spacial score (nSPS) is 16.1. The average Bonchev–Trinajstić information content (AvgIpc) is 2.60. The number of carbonyl (C=O) groups is 2. The van der Waals surface area contributed by atoms with Crippen LogP contribution < -0.4 is 10.2 Å². The number of rotatable bonds is 1. The maximum Gasteiger partial charge on any atom is 0.246 e. The summed E-state index contributed by atoms with van der Waals surface area (Å²) in [7, 11) is 0. The molecule has 1 N–H and O–H groups in total. The lowest BCUT2D eigenvalue weighted by atomic mass is 10.1. The molecule has 0 spiro atoms. The highest BCUT2D eigenvalue weighted by Crippen LogP contribution is 2.27. The van der Waals surface area contributed by atoms with Crippen molar-refractivity contribution in [2.24, 2.45) is 0 Å². The second-order valence-electron chi connectivity index (χ2n) is 4.57. The van der Waals surface area contributed by atoms with Crippen LogP contribution in [-0.2, 0) is 9.59 Å². The van der Waals surface area contributed by atoms with Gasteiger partial charge in [0.1, 0.15) is 0 Å². The van der Waals surface area contributed by atoms with Crippen molar-refractivity contribution in [1.29, 1.82) is 0 Å². The van der Waals surface area contributed by atoms with Crippen molar-refractivity contribution in [3.05, 3.63) is 34.9 Å². The standard InChI is InChI=1S/C14H12BrN3O2/c15-10-6-9-2-1-3-11(14(9)17-7-10)18-5-4-12(19)16-8-13(18)20/h1-3,6-7H,4-5,8H2,(H,16,19). The van der Waals surface area contributed by atoms with E-state index in [1.165, 1.54) is 0 Å². The summed E-state index contributed by atoms with van der Waals surface area (Å²) in [6.45, 7) is 0.410. The Bertz CT molecular complexity index is 702. The minimum absolute atomic E-state index is 0.0335. The zero-order chi connectivity index (χ0) is 14.1. The SMILES string of the molecule is O=C1CCN(c2cccc3cc(Br)cnc23)C(=O)CN1. The number of aromatic nitrogens is 1. The first-order valence-corrected chi connectivity index (χ1v) is 7.06. The fourth-order valence-electron chi connectivity index (χ4n) is 2.29. The highest BCUT2D eigenvalue weighted by Gasteiger charge is 2.23. The van der Waals surface area contributed by atoms with E-state index in [0.29, 0.717) is 13.0 Å². The Kier molecular flexibility index (Phi) is 3.40. The van der Waals surface area contributed by atoms with Crippen molar-refractivity contribution >= 4 is 44.3 Å². The zero-order valence-electron chi connectivity index (χ0n) is 10.6. The van der Waals surface area contributed by atoms with Crippen LogP contribution in [0, 0.1) is 0 Å². The van der Waals surface area contributed by atoms with Gasteiger partial charge in [-0.15, -0.1) is 0 Å². The van der Waals surface area contributed by atoms with Crippen LogP contribution in [0.2, 0.25) is 0 Å². The van der Waals surface area contributed by atoms with E-state index in [1.54, 1.807) is 11.1 Å². The molecule has 2 heterocycles. The average molecular weight is 334 g/mol. The van der Waals surface area contributed by atoms with Crippen LogP contribution in [0.3, 0.4) is 0 Å². The number of pyridine rings is 1. The Labute approximate surface area is 124 Å². The van der Waals surface area contributed by atoms with Gasteiger partial charge in [-0.1, -0.05) is 12.1 Å². The minimum atomic E-state index is -0.118. The highest BCUT2D eigenvalue weighted by molar-refractivity contribution is 9.10. The van der Waals surface area contributed by atoms with E-state index in [1.807, 2.05) is 24.3 Å². The molecule has 0 atom stereocenters. The maximum atomic E-state index is 12.1. The molecule has 1 aromatic carbocycles. The summed E-state index contributed by atoms with van der Waals surface area (Å²) < 4.78 is 0.890. The van der Waals surface area contributed by atoms with Gasteiger partial charge >= 0.3 is 0 Å². The first-order chi connectivity index (χ1) is 9.65. The van der Waals surface area contributed by atoms with Gasteiger partial charge in [-0.2, -0.15) is 0 Å². The largest absolute Gasteiger partial charge is 0.347 e. The number of hydrogen-bond acceptors (Lipinski definition) is 3. The molecule has 102 valence electrons. The maximum absolute atomic E-state index is 12.1. The number of nitrogens with one attached hydrogen (secondary N) is 1. The first-order valence-electron chi connectivity index (χ1n) is 6.26. The summed E-state index contributed by atoms with van der Waals surface area (Å²) >= 11 is 3.39. The summed E-state index contributed by atoms with van der Waals surface area (Å²) in [6, 6.07) is 7.65. The van der Waals surface area contributed by atoms with Crippen molar-refractivity contribution in [3.8, 4) is 0 Å². The van der Waals surface area contributed by atoms with E-state index < -0.39 is 0 Å². The van der Waals surface area contributed by atoms with Crippen molar-refractivity contribution in [1.82, 2.24) is 10.3 Å². The van der Waals surface area contributed by atoms with Gasteiger partial charge in [-0.25, -0.2) is 0 Å². The van der Waals surface area contributed by atoms with Gasteiger partial charge < -0.3 is 10.2 Å². The van der Waals surface area contributed by atoms with Crippen LogP contribution >= 0.6 is 15.9 Å². The summed E-state index contributed by atoms with van der Waals surface area (Å²) in [4.78, 5) is 29.6. The molecule has 6 heteroatoms. The third-order valence-corrected chi connectivity index (χ3v) is 3.68. The Hall–Kier alpha value is -1.95. The van der Waals surface area contributed by atoms with Crippen molar-refractivity contribution < 1.29 is 9.59 Å². The number of hydrogen-bond donors (Lipinski definition) is 1. The second kappa shape index (κ2) is 5.20. The Morgan fingerprint density at radius 3 is 3.00 bits per heavy atom. The third-order valence-electron chi connectivity index (χ3n) is 3.25. The van der Waals surface area contributed by atoms with Crippen LogP contribution in [-0.4, -0.2) is 29.9 Å². The van der Waals surface area contributed by atoms with E-state index >= 15 is 0 Å². The Balaban J connectivity index is 2.09. The molecule has 1 aliphatic heterocycles. The molecule has 1 fully saturated rings. The lowest BCUT2D eigenvalue weighted by molar-refractivity contribution is -0.123. The molecule has 5 nitrogen and oxygen atoms in total. The van der Waals surface area contributed by atoms with Gasteiger partial charge in [0, 0.05) is 29.0 Å². The van der Waals surface area contributed by atoms with Gasteiger partial charge in [-0.05, 0) is 28.1 Å². The van der Waals surface area contributed by atoms with Crippen LogP contribution in [0.5, 0.6) is 0 Å². The number of benzene rings is 1. The van der Waals surface area contributed by atoms with Crippen LogP contribution in [0.25, 0.3) is 10.9 Å². The van der Waals surface area contributed by atoms with Gasteiger partial charge in [0.2, 0.25) is 11.8 Å². The smallest absolute Gasteiger partial charge is 0.246 e. The topological polar surface area (TPSA) is 62.3 Å². The molecule has 3 rings (SSSR count). The molecule has 0 unspecified atom stereocenters. The highest BCUT2D eigenvalue weighted by atomic mass is 79.9. The summed E-state index contributed by atoms with van der Waals surface area (Å²) in [5.74, 6) is -0.218. The monoisotopic (exact) mass is 333 g/mol. The number of carbonyl (C=O) groups excluding carboxylic acids is 2. The lowest BCUT2D eigenvalue weighted by Crippen LogP contribution is -2.35. The fraction of sp³-hybridized carbons (Fsp3) is 0.214. The second-order valence-corrected chi connectivity index (χ2v) is 5.49. The molecule has 1 aliphatic rings.